The highest BCUT2D eigenvalue weighted by Gasteiger charge is 2.26. The van der Waals surface area contributed by atoms with Crippen LogP contribution in [0.3, 0.4) is 0 Å². The molecule has 0 radical (unpaired) electrons. The smallest absolute Gasteiger partial charge is 0.362 e. The van der Waals surface area contributed by atoms with Crippen molar-refractivity contribution in [3.05, 3.63) is 52.9 Å². The van der Waals surface area contributed by atoms with Gasteiger partial charge in [-0.1, -0.05) is 6.07 Å². The molecule has 0 aliphatic carbocycles. The van der Waals surface area contributed by atoms with E-state index in [1.165, 1.54) is 4.40 Å². The van der Waals surface area contributed by atoms with E-state index in [0.29, 0.717) is 28.9 Å². The fourth-order valence-electron chi connectivity index (χ4n) is 2.52. The van der Waals surface area contributed by atoms with Crippen molar-refractivity contribution in [3.63, 3.8) is 0 Å². The molecule has 4 aromatic heterocycles. The number of hydrogen-bond donors (Lipinski definition) is 0. The van der Waals surface area contributed by atoms with Gasteiger partial charge < -0.3 is 14.5 Å². The maximum absolute atomic E-state index is 11.5. The lowest BCUT2D eigenvalue weighted by Crippen LogP contribution is -2.00. The van der Waals surface area contributed by atoms with Gasteiger partial charge in [-0.15, -0.1) is 10.2 Å². The van der Waals surface area contributed by atoms with Gasteiger partial charge in [-0.2, -0.15) is 9.38 Å². The van der Waals surface area contributed by atoms with Crippen LogP contribution in [0.4, 0.5) is 5.82 Å². The van der Waals surface area contributed by atoms with Crippen LogP contribution in [0.1, 0.15) is 6.92 Å². The molecule has 25 heavy (non-hydrogen) atoms. The molecule has 0 N–H and O–H groups in total. The maximum Gasteiger partial charge on any atom is 0.362 e. The molecule has 4 rings (SSSR count). The van der Waals surface area contributed by atoms with Crippen molar-refractivity contribution in [2.45, 2.75) is 23.7 Å². The number of fused-ring (bicyclic) bond motifs is 1. The molecule has 4 heterocycles. The van der Waals surface area contributed by atoms with Crippen molar-refractivity contribution in [2.24, 2.45) is 0 Å². The van der Waals surface area contributed by atoms with Gasteiger partial charge in [0, 0.05) is 12.6 Å². The summed E-state index contributed by atoms with van der Waals surface area (Å²) < 4.78 is 8.65. The van der Waals surface area contributed by atoms with Gasteiger partial charge in [-0.25, -0.2) is 0 Å². The molecule has 126 valence electrons. The molecule has 0 spiro atoms. The number of imidazole rings is 1. The Morgan fingerprint density at radius 2 is 2.16 bits per heavy atom. The van der Waals surface area contributed by atoms with Crippen LogP contribution < -0.4 is 0 Å². The Bertz CT molecular complexity index is 1050. The molecule has 0 aliphatic rings. The number of aromatic nitrogens is 5. The minimum absolute atomic E-state index is 0.0919. The van der Waals surface area contributed by atoms with Crippen LogP contribution in [0.15, 0.2) is 57.4 Å². The van der Waals surface area contributed by atoms with E-state index in [9.17, 15) is 10.1 Å². The largest absolute Gasteiger partial charge is 0.461 e. The Labute approximate surface area is 145 Å². The Morgan fingerprint density at radius 3 is 2.88 bits per heavy atom. The van der Waals surface area contributed by atoms with Gasteiger partial charge in [0.1, 0.15) is 0 Å². The summed E-state index contributed by atoms with van der Waals surface area (Å²) in [6.07, 6.45) is 3.17. The molecule has 0 atom stereocenters. The van der Waals surface area contributed by atoms with Crippen LogP contribution in [0.5, 0.6) is 0 Å². The molecule has 0 bridgehead atoms. The quantitative estimate of drug-likeness (QED) is 0.399. The number of hydrogen-bond acceptors (Lipinski definition) is 7. The Balaban J connectivity index is 1.80. The first-order chi connectivity index (χ1) is 12.2. The third kappa shape index (κ3) is 2.56. The SMILES string of the molecule is CCn1c(Sc2nc3ccccn3c2[N+](=O)[O-])nnc1-c1ccco1. The van der Waals surface area contributed by atoms with Crippen LogP contribution in [0.2, 0.25) is 0 Å². The Hall–Kier alpha value is -3.14. The van der Waals surface area contributed by atoms with Crippen LogP contribution in [0, 0.1) is 10.1 Å². The maximum atomic E-state index is 11.5. The monoisotopic (exact) mass is 356 g/mol. The highest BCUT2D eigenvalue weighted by Crippen LogP contribution is 2.35. The highest BCUT2D eigenvalue weighted by molar-refractivity contribution is 7.99. The second-order valence-electron chi connectivity index (χ2n) is 5.06. The van der Waals surface area contributed by atoms with Crippen molar-refractivity contribution < 1.29 is 9.34 Å². The van der Waals surface area contributed by atoms with Crippen molar-refractivity contribution >= 4 is 23.2 Å². The lowest BCUT2D eigenvalue weighted by molar-refractivity contribution is -0.393. The first-order valence-electron chi connectivity index (χ1n) is 7.45. The lowest BCUT2D eigenvalue weighted by atomic mass is 10.4. The third-order valence-electron chi connectivity index (χ3n) is 3.61. The molecule has 0 saturated heterocycles. The molecule has 4 aromatic rings. The first-order valence-corrected chi connectivity index (χ1v) is 8.27. The Morgan fingerprint density at radius 1 is 1.28 bits per heavy atom. The van der Waals surface area contributed by atoms with E-state index < -0.39 is 4.92 Å². The van der Waals surface area contributed by atoms with Gasteiger partial charge in [0.05, 0.1) is 12.5 Å². The van der Waals surface area contributed by atoms with E-state index in [0.717, 1.165) is 11.8 Å². The average Bonchev–Trinajstić information content (AvgIpc) is 3.32. The van der Waals surface area contributed by atoms with Crippen molar-refractivity contribution in [2.75, 3.05) is 0 Å². The summed E-state index contributed by atoms with van der Waals surface area (Å²) in [5.74, 6) is 1.07. The highest BCUT2D eigenvalue weighted by atomic mass is 32.2. The van der Waals surface area contributed by atoms with E-state index in [1.54, 1.807) is 42.8 Å². The second kappa shape index (κ2) is 6.06. The van der Waals surface area contributed by atoms with Crippen LogP contribution >= 0.6 is 11.8 Å². The molecule has 0 amide bonds. The molecular weight excluding hydrogens is 344 g/mol. The van der Waals surface area contributed by atoms with Gasteiger partial charge in [-0.05, 0) is 41.8 Å². The predicted molar refractivity (Wildman–Crippen MR) is 89.4 cm³/mol. The summed E-state index contributed by atoms with van der Waals surface area (Å²) in [7, 11) is 0. The topological polar surface area (TPSA) is 104 Å². The number of furan rings is 1. The summed E-state index contributed by atoms with van der Waals surface area (Å²) in [5, 5.41) is 20.6. The normalized spacial score (nSPS) is 11.2. The van der Waals surface area contributed by atoms with Gasteiger partial charge >= 0.3 is 5.82 Å². The van der Waals surface area contributed by atoms with E-state index in [-0.39, 0.29) is 10.8 Å². The molecular formula is C15H12N6O3S. The summed E-state index contributed by atoms with van der Waals surface area (Å²) in [6.45, 7) is 2.53. The van der Waals surface area contributed by atoms with Gasteiger partial charge in [0.15, 0.2) is 16.7 Å². The summed E-state index contributed by atoms with van der Waals surface area (Å²) in [4.78, 5) is 15.4. The van der Waals surface area contributed by atoms with E-state index in [1.807, 2.05) is 11.5 Å². The lowest BCUT2D eigenvalue weighted by Gasteiger charge is -2.04. The number of nitrogens with zero attached hydrogens (tertiary/aromatic N) is 6. The zero-order valence-electron chi connectivity index (χ0n) is 13.1. The van der Waals surface area contributed by atoms with Gasteiger partial charge in [0.25, 0.3) is 0 Å². The second-order valence-corrected chi connectivity index (χ2v) is 6.01. The molecule has 0 fully saturated rings. The number of nitro groups is 1. The zero-order chi connectivity index (χ0) is 17.4. The van der Waals surface area contributed by atoms with E-state index in [2.05, 4.69) is 15.2 Å². The minimum Gasteiger partial charge on any atom is -0.461 e. The zero-order valence-corrected chi connectivity index (χ0v) is 13.9. The number of pyridine rings is 1. The summed E-state index contributed by atoms with van der Waals surface area (Å²) in [6, 6.07) is 8.78. The molecule has 0 unspecified atom stereocenters. The van der Waals surface area contributed by atoms with E-state index >= 15 is 0 Å². The van der Waals surface area contributed by atoms with Gasteiger partial charge in [0.2, 0.25) is 10.7 Å². The Kier molecular flexibility index (Phi) is 3.73. The van der Waals surface area contributed by atoms with Crippen molar-refractivity contribution in [1.29, 1.82) is 0 Å². The van der Waals surface area contributed by atoms with Crippen LogP contribution in [0.25, 0.3) is 17.2 Å². The standard InChI is InChI=1S/C15H12N6O3S/c1-2-19-12(10-6-5-9-24-10)17-18-15(19)25-13-14(21(22)23)20-8-4-3-7-11(20)16-13/h3-9H,2H2,1H3. The minimum atomic E-state index is -0.442. The number of rotatable bonds is 5. The fraction of sp³-hybridized carbons (Fsp3) is 0.133. The molecule has 0 aromatic carbocycles. The van der Waals surface area contributed by atoms with Crippen molar-refractivity contribution in [1.82, 2.24) is 24.1 Å². The van der Waals surface area contributed by atoms with E-state index in [4.69, 9.17) is 4.42 Å². The fourth-order valence-corrected chi connectivity index (χ4v) is 3.50. The van der Waals surface area contributed by atoms with Crippen LogP contribution in [-0.4, -0.2) is 29.1 Å². The third-order valence-corrected chi connectivity index (χ3v) is 4.56. The van der Waals surface area contributed by atoms with Crippen molar-refractivity contribution in [3.8, 4) is 11.6 Å². The molecule has 0 aliphatic heterocycles. The molecule has 0 saturated carbocycles. The summed E-state index contributed by atoms with van der Waals surface area (Å²) in [5.41, 5.74) is 0.505. The predicted octanol–water partition coefficient (Wildman–Crippen LogP) is 3.27. The first kappa shape index (κ1) is 15.4. The van der Waals surface area contributed by atoms with Crippen LogP contribution in [-0.2, 0) is 6.54 Å². The molecule has 10 heteroatoms. The molecule has 9 nitrogen and oxygen atoms in total. The average molecular weight is 356 g/mol. The summed E-state index contributed by atoms with van der Waals surface area (Å²) >= 11 is 1.11. The van der Waals surface area contributed by atoms with Gasteiger partial charge in [-0.3, -0.25) is 4.57 Å².